The Bertz CT molecular complexity index is 618. The lowest BCUT2D eigenvalue weighted by atomic mass is 9.82. The normalized spacial score (nSPS) is 22.2. The molecule has 3 N–H and O–H groups in total. The van der Waals surface area contributed by atoms with Gasteiger partial charge in [-0.15, -0.1) is 0 Å². The van der Waals surface area contributed by atoms with Crippen LogP contribution in [0.25, 0.3) is 11.0 Å². The molecule has 1 aliphatic rings. The predicted octanol–water partition coefficient (Wildman–Crippen LogP) is 1.59. The number of aromatic amines is 1. The highest BCUT2D eigenvalue weighted by molar-refractivity contribution is 5.78. The van der Waals surface area contributed by atoms with Gasteiger partial charge < -0.3 is 15.5 Å². The van der Waals surface area contributed by atoms with Crippen LogP contribution in [0.15, 0.2) is 18.2 Å². The molecule has 7 heteroatoms. The second-order valence-corrected chi connectivity index (χ2v) is 4.81. The molecule has 0 radical (unpaired) electrons. The monoisotopic (exact) mass is 262 g/mol. The van der Waals surface area contributed by atoms with Gasteiger partial charge in [0.2, 0.25) is 0 Å². The number of H-pyrrole nitrogens is 1. The van der Waals surface area contributed by atoms with Crippen molar-refractivity contribution in [1.82, 2.24) is 9.97 Å². The van der Waals surface area contributed by atoms with Gasteiger partial charge in [-0.3, -0.25) is 10.1 Å². The number of ether oxygens (including phenoxy) is 1. The smallest absolute Gasteiger partial charge is 0.294 e. The number of imidazole rings is 1. The lowest BCUT2D eigenvalue weighted by Gasteiger charge is -2.33. The van der Waals surface area contributed by atoms with Gasteiger partial charge in [0.05, 0.1) is 16.0 Å². The molecule has 3 rings (SSSR count). The fourth-order valence-corrected chi connectivity index (χ4v) is 2.26. The third-order valence-corrected chi connectivity index (χ3v) is 3.46. The zero-order valence-corrected chi connectivity index (χ0v) is 10.2. The zero-order chi connectivity index (χ0) is 13.4. The molecule has 1 aromatic carbocycles. The molecule has 1 fully saturated rings. The molecule has 0 atom stereocenters. The van der Waals surface area contributed by atoms with Crippen LogP contribution in [-0.2, 0) is 0 Å². The first-order valence-electron chi connectivity index (χ1n) is 6.16. The van der Waals surface area contributed by atoms with Gasteiger partial charge in [-0.05, 0) is 31.4 Å². The number of non-ortho nitro benzene ring substituents is 1. The summed E-state index contributed by atoms with van der Waals surface area (Å²) >= 11 is 0. The molecule has 1 heterocycles. The molecule has 0 saturated heterocycles. The number of nitrogens with one attached hydrogen (secondary N) is 1. The van der Waals surface area contributed by atoms with Crippen molar-refractivity contribution in [2.45, 2.75) is 18.9 Å². The van der Waals surface area contributed by atoms with Crippen LogP contribution in [0.1, 0.15) is 12.8 Å². The largest absolute Gasteiger partial charge is 0.461 e. The van der Waals surface area contributed by atoms with Crippen LogP contribution in [0.3, 0.4) is 0 Å². The van der Waals surface area contributed by atoms with E-state index in [9.17, 15) is 10.1 Å². The minimum Gasteiger partial charge on any atom is -0.461 e. The van der Waals surface area contributed by atoms with E-state index in [0.717, 1.165) is 12.8 Å². The highest BCUT2D eigenvalue weighted by Crippen LogP contribution is 2.30. The number of nitro groups is 1. The predicted molar refractivity (Wildman–Crippen MR) is 68.9 cm³/mol. The molecule has 1 saturated carbocycles. The molecule has 0 aliphatic heterocycles. The van der Waals surface area contributed by atoms with E-state index in [1.54, 1.807) is 6.07 Å². The number of benzene rings is 1. The highest BCUT2D eigenvalue weighted by atomic mass is 16.6. The second-order valence-electron chi connectivity index (χ2n) is 4.81. The fourth-order valence-electron chi connectivity index (χ4n) is 2.26. The zero-order valence-electron chi connectivity index (χ0n) is 10.2. The van der Waals surface area contributed by atoms with Crippen LogP contribution in [0.2, 0.25) is 0 Å². The lowest BCUT2D eigenvalue weighted by molar-refractivity contribution is -0.384. The molecule has 0 unspecified atom stereocenters. The Kier molecular flexibility index (Phi) is 2.83. The van der Waals surface area contributed by atoms with Crippen molar-refractivity contribution < 1.29 is 9.66 Å². The van der Waals surface area contributed by atoms with Crippen molar-refractivity contribution >= 4 is 16.7 Å². The second kappa shape index (κ2) is 4.51. The van der Waals surface area contributed by atoms with Gasteiger partial charge in [0.25, 0.3) is 11.7 Å². The average Bonchev–Trinajstić information content (AvgIpc) is 2.74. The maximum Gasteiger partial charge on any atom is 0.294 e. The number of nitro benzene ring substituents is 1. The standard InChI is InChI=1S/C12H14N4O3/c13-6-7-3-9(4-7)19-12-14-10-2-1-8(16(17)18)5-11(10)15-12/h1-2,5,7,9H,3-4,6,13H2,(H,14,15). The Hall–Kier alpha value is -2.15. The first kappa shape index (κ1) is 11.9. The van der Waals surface area contributed by atoms with E-state index in [-0.39, 0.29) is 11.8 Å². The molecular formula is C12H14N4O3. The number of hydrogen-bond acceptors (Lipinski definition) is 5. The van der Waals surface area contributed by atoms with Gasteiger partial charge >= 0.3 is 0 Å². The van der Waals surface area contributed by atoms with Crippen molar-refractivity contribution in [3.05, 3.63) is 28.3 Å². The molecule has 19 heavy (non-hydrogen) atoms. The average molecular weight is 262 g/mol. The fraction of sp³-hybridized carbons (Fsp3) is 0.417. The van der Waals surface area contributed by atoms with Crippen LogP contribution in [-0.4, -0.2) is 27.5 Å². The summed E-state index contributed by atoms with van der Waals surface area (Å²) in [5.41, 5.74) is 6.86. The van der Waals surface area contributed by atoms with Crippen molar-refractivity contribution in [2.24, 2.45) is 11.7 Å². The van der Waals surface area contributed by atoms with E-state index in [2.05, 4.69) is 9.97 Å². The number of rotatable bonds is 4. The SMILES string of the molecule is NCC1CC(Oc2nc3ccc([N+](=O)[O-])cc3[nH]2)C1. The van der Waals surface area contributed by atoms with E-state index < -0.39 is 4.92 Å². The van der Waals surface area contributed by atoms with Gasteiger partial charge in [0, 0.05) is 12.1 Å². The van der Waals surface area contributed by atoms with Crippen LogP contribution >= 0.6 is 0 Å². The molecule has 1 aromatic heterocycles. The maximum atomic E-state index is 10.7. The molecule has 100 valence electrons. The number of nitrogens with two attached hydrogens (primary N) is 1. The molecule has 0 bridgehead atoms. The number of fused-ring (bicyclic) bond motifs is 1. The first-order valence-corrected chi connectivity index (χ1v) is 6.16. The number of aromatic nitrogens is 2. The summed E-state index contributed by atoms with van der Waals surface area (Å²) in [5, 5.41) is 10.7. The van der Waals surface area contributed by atoms with Gasteiger partial charge in [0.1, 0.15) is 6.10 Å². The van der Waals surface area contributed by atoms with Crippen LogP contribution in [0, 0.1) is 16.0 Å². The van der Waals surface area contributed by atoms with Crippen LogP contribution in [0.5, 0.6) is 6.01 Å². The Morgan fingerprint density at radius 2 is 2.32 bits per heavy atom. The van der Waals surface area contributed by atoms with Gasteiger partial charge in [-0.25, -0.2) is 0 Å². The topological polar surface area (TPSA) is 107 Å². The summed E-state index contributed by atoms with van der Waals surface area (Å²) in [6, 6.07) is 4.91. The molecular weight excluding hydrogens is 248 g/mol. The van der Waals surface area contributed by atoms with Gasteiger partial charge in [-0.1, -0.05) is 0 Å². The minimum atomic E-state index is -0.432. The van der Waals surface area contributed by atoms with Gasteiger partial charge in [-0.2, -0.15) is 4.98 Å². The minimum absolute atomic E-state index is 0.0366. The molecule has 2 aromatic rings. The van der Waals surface area contributed by atoms with Crippen LogP contribution < -0.4 is 10.5 Å². The van der Waals surface area contributed by atoms with Crippen molar-refractivity contribution in [2.75, 3.05) is 6.54 Å². The van der Waals surface area contributed by atoms with Crippen molar-refractivity contribution in [3.8, 4) is 6.01 Å². The molecule has 0 spiro atoms. The Morgan fingerprint density at radius 3 is 3.00 bits per heavy atom. The third kappa shape index (κ3) is 2.24. The summed E-state index contributed by atoms with van der Waals surface area (Å²) in [6.45, 7) is 0.687. The lowest BCUT2D eigenvalue weighted by Crippen LogP contribution is -2.37. The summed E-state index contributed by atoms with van der Waals surface area (Å²) < 4.78 is 5.68. The summed E-state index contributed by atoms with van der Waals surface area (Å²) in [5.74, 6) is 0.537. The van der Waals surface area contributed by atoms with Crippen molar-refractivity contribution in [1.29, 1.82) is 0 Å². The van der Waals surface area contributed by atoms with E-state index >= 15 is 0 Å². The summed E-state index contributed by atoms with van der Waals surface area (Å²) in [7, 11) is 0. The van der Waals surface area contributed by atoms with Gasteiger partial charge in [0.15, 0.2) is 0 Å². The Morgan fingerprint density at radius 1 is 1.53 bits per heavy atom. The van der Waals surface area contributed by atoms with E-state index in [0.29, 0.717) is 29.5 Å². The molecule has 0 amide bonds. The summed E-state index contributed by atoms with van der Waals surface area (Å²) in [6.07, 6.45) is 2.02. The van der Waals surface area contributed by atoms with E-state index in [1.807, 2.05) is 0 Å². The Balaban J connectivity index is 1.76. The summed E-state index contributed by atoms with van der Waals surface area (Å²) in [4.78, 5) is 17.5. The van der Waals surface area contributed by atoms with E-state index in [4.69, 9.17) is 10.5 Å². The van der Waals surface area contributed by atoms with Crippen LogP contribution in [0.4, 0.5) is 5.69 Å². The molecule has 1 aliphatic carbocycles. The first-order chi connectivity index (χ1) is 9.15. The number of nitrogens with zero attached hydrogens (tertiary/aromatic N) is 2. The Labute approximate surface area is 108 Å². The van der Waals surface area contributed by atoms with Crippen molar-refractivity contribution in [3.63, 3.8) is 0 Å². The third-order valence-electron chi connectivity index (χ3n) is 3.46. The molecule has 7 nitrogen and oxygen atoms in total. The quantitative estimate of drug-likeness (QED) is 0.642. The number of hydrogen-bond donors (Lipinski definition) is 2. The van der Waals surface area contributed by atoms with E-state index in [1.165, 1.54) is 12.1 Å². The maximum absolute atomic E-state index is 10.7. The highest BCUT2D eigenvalue weighted by Gasteiger charge is 2.30.